The fourth-order valence-corrected chi connectivity index (χ4v) is 0.549. The first kappa shape index (κ1) is 14.1. The molecule has 0 heterocycles. The molecule has 0 aliphatic rings. The van der Waals surface area contributed by atoms with Crippen LogP contribution in [0.15, 0.2) is 37.5 Å². The van der Waals surface area contributed by atoms with Gasteiger partial charge in [0.25, 0.3) is 0 Å². The third-order valence-corrected chi connectivity index (χ3v) is 1.23. The molecule has 0 rings (SSSR count). The summed E-state index contributed by atoms with van der Waals surface area (Å²) in [5.41, 5.74) is 0. The van der Waals surface area contributed by atoms with Gasteiger partial charge < -0.3 is 19.7 Å². The molecule has 0 spiro atoms. The first-order valence-corrected chi connectivity index (χ1v) is 4.20. The number of carbonyl (C=O) groups is 2. The van der Waals surface area contributed by atoms with Gasteiger partial charge >= 0.3 is 11.9 Å². The molecule has 2 N–H and O–H groups in total. The zero-order chi connectivity index (χ0) is 12.6. The highest BCUT2D eigenvalue weighted by Crippen LogP contribution is 1.93. The van der Waals surface area contributed by atoms with Gasteiger partial charge in [-0.3, -0.25) is 0 Å². The molecular formula is C10H12O6. The Balaban J connectivity index is 4.07. The molecule has 0 aliphatic heterocycles. The highest BCUT2D eigenvalue weighted by molar-refractivity contribution is 5.91. The van der Waals surface area contributed by atoms with E-state index in [1.54, 1.807) is 0 Å². The molecule has 0 aromatic rings. The molecule has 0 radical (unpaired) electrons. The van der Waals surface area contributed by atoms with E-state index in [1.165, 1.54) is 0 Å². The van der Waals surface area contributed by atoms with E-state index in [0.29, 0.717) is 0 Å². The smallest absolute Gasteiger partial charge is 0.333 e. The van der Waals surface area contributed by atoms with Gasteiger partial charge in [-0.25, -0.2) is 9.59 Å². The Morgan fingerprint density at radius 1 is 0.938 bits per heavy atom. The maximum atomic E-state index is 10.9. The Labute approximate surface area is 92.1 Å². The molecule has 6 heteroatoms. The van der Waals surface area contributed by atoms with E-state index in [-0.39, 0.29) is 0 Å². The number of rotatable bonds is 6. The van der Waals surface area contributed by atoms with Gasteiger partial charge in [-0.15, -0.1) is 0 Å². The molecule has 2 atom stereocenters. The summed E-state index contributed by atoms with van der Waals surface area (Å²) in [6.07, 6.45) is 0.589. The van der Waals surface area contributed by atoms with Gasteiger partial charge in [-0.2, -0.15) is 0 Å². The van der Waals surface area contributed by atoms with Crippen molar-refractivity contribution in [3.8, 4) is 0 Å². The third-order valence-electron chi connectivity index (χ3n) is 1.23. The van der Waals surface area contributed by atoms with Crippen LogP contribution in [0.3, 0.4) is 0 Å². The molecule has 0 aliphatic carbocycles. The monoisotopic (exact) mass is 228 g/mol. The lowest BCUT2D eigenvalue weighted by Gasteiger charge is -2.05. The van der Waals surface area contributed by atoms with Crippen LogP contribution in [0.5, 0.6) is 0 Å². The van der Waals surface area contributed by atoms with Crippen molar-refractivity contribution in [2.75, 3.05) is 0 Å². The molecule has 88 valence electrons. The van der Waals surface area contributed by atoms with Crippen molar-refractivity contribution in [3.05, 3.63) is 37.5 Å². The quantitative estimate of drug-likeness (QED) is 0.279. The third kappa shape index (κ3) is 6.52. The van der Waals surface area contributed by atoms with Gasteiger partial charge in [0, 0.05) is 12.2 Å². The van der Waals surface area contributed by atoms with Crippen molar-refractivity contribution in [3.63, 3.8) is 0 Å². The molecule has 16 heavy (non-hydrogen) atoms. The van der Waals surface area contributed by atoms with E-state index in [0.717, 1.165) is 24.3 Å². The Kier molecular flexibility index (Phi) is 6.50. The number of carbonyl (C=O) groups excluding carboxylic acids is 2. The molecule has 6 nitrogen and oxygen atoms in total. The maximum absolute atomic E-state index is 10.9. The number of aliphatic hydroxyl groups is 2. The van der Waals surface area contributed by atoms with Crippen LogP contribution in [0.4, 0.5) is 0 Å². The van der Waals surface area contributed by atoms with Crippen LogP contribution in [-0.4, -0.2) is 34.7 Å². The fraction of sp³-hybridized carbons (Fsp3) is 0.200. The topological polar surface area (TPSA) is 93.1 Å². The molecule has 0 saturated heterocycles. The van der Waals surface area contributed by atoms with Gasteiger partial charge in [0.2, 0.25) is 12.6 Å². The summed E-state index contributed by atoms with van der Waals surface area (Å²) in [6.45, 7) is 6.34. The van der Waals surface area contributed by atoms with Gasteiger partial charge in [0.05, 0.1) is 0 Å². The second-order valence-corrected chi connectivity index (χ2v) is 2.46. The zero-order valence-corrected chi connectivity index (χ0v) is 8.41. The zero-order valence-electron chi connectivity index (χ0n) is 8.41. The molecule has 0 aromatic carbocycles. The summed E-state index contributed by atoms with van der Waals surface area (Å²) in [5, 5.41) is 17.6. The van der Waals surface area contributed by atoms with Crippen LogP contribution in [0.2, 0.25) is 0 Å². The number of hydrogen-bond donors (Lipinski definition) is 2. The SMILES string of the molecule is C=CC(O)OC(=O)/C=C\C(=O)OC(O)C=C. The first-order chi connectivity index (χ1) is 7.49. The second-order valence-electron chi connectivity index (χ2n) is 2.46. The lowest BCUT2D eigenvalue weighted by atomic mass is 10.5. The maximum Gasteiger partial charge on any atom is 0.333 e. The van der Waals surface area contributed by atoms with Crippen molar-refractivity contribution in [2.45, 2.75) is 12.6 Å². The molecule has 0 bridgehead atoms. The molecule has 0 saturated carbocycles. The minimum atomic E-state index is -1.44. The number of ether oxygens (including phenoxy) is 2. The van der Waals surface area contributed by atoms with E-state index in [9.17, 15) is 9.59 Å². The Morgan fingerprint density at radius 3 is 1.50 bits per heavy atom. The minimum absolute atomic E-state index is 0.741. The van der Waals surface area contributed by atoms with Gasteiger partial charge in [-0.1, -0.05) is 13.2 Å². The average Bonchev–Trinajstić information content (AvgIpc) is 2.26. The van der Waals surface area contributed by atoms with Crippen LogP contribution in [0.1, 0.15) is 0 Å². The lowest BCUT2D eigenvalue weighted by Crippen LogP contribution is -2.15. The van der Waals surface area contributed by atoms with Crippen LogP contribution in [0, 0.1) is 0 Å². The minimum Gasteiger partial charge on any atom is -0.429 e. The second kappa shape index (κ2) is 7.38. The van der Waals surface area contributed by atoms with Crippen molar-refractivity contribution < 1.29 is 29.3 Å². The van der Waals surface area contributed by atoms with Crippen molar-refractivity contribution >= 4 is 11.9 Å². The molecule has 0 amide bonds. The predicted molar refractivity (Wildman–Crippen MR) is 53.7 cm³/mol. The van der Waals surface area contributed by atoms with E-state index in [2.05, 4.69) is 22.6 Å². The largest absolute Gasteiger partial charge is 0.429 e. The van der Waals surface area contributed by atoms with Crippen molar-refractivity contribution in [1.82, 2.24) is 0 Å². The van der Waals surface area contributed by atoms with E-state index >= 15 is 0 Å². The Bertz CT molecular complexity index is 276. The number of hydrogen-bond acceptors (Lipinski definition) is 6. The summed E-state index contributed by atoms with van der Waals surface area (Å²) in [4.78, 5) is 21.7. The van der Waals surface area contributed by atoms with E-state index in [4.69, 9.17) is 10.2 Å². The number of aliphatic hydroxyl groups excluding tert-OH is 2. The summed E-state index contributed by atoms with van der Waals surface area (Å²) in [7, 11) is 0. The standard InChI is InChI=1S/C10H12O6/c1-3-7(11)15-9(13)5-6-10(14)16-8(12)4-2/h3-8,11-12H,1-2H2/b6-5-. The van der Waals surface area contributed by atoms with Crippen molar-refractivity contribution in [1.29, 1.82) is 0 Å². The van der Waals surface area contributed by atoms with Gasteiger partial charge in [-0.05, 0) is 12.2 Å². The van der Waals surface area contributed by atoms with Crippen molar-refractivity contribution in [2.24, 2.45) is 0 Å². The summed E-state index contributed by atoms with van der Waals surface area (Å²) < 4.78 is 8.61. The molecule has 0 aromatic heterocycles. The first-order valence-electron chi connectivity index (χ1n) is 4.20. The van der Waals surface area contributed by atoms with Crippen LogP contribution in [-0.2, 0) is 19.1 Å². The summed E-state index contributed by atoms with van der Waals surface area (Å²) in [6, 6.07) is 0. The average molecular weight is 228 g/mol. The fourth-order valence-electron chi connectivity index (χ4n) is 0.549. The normalized spacial score (nSPS) is 13.9. The Hall–Kier alpha value is -1.92. The van der Waals surface area contributed by atoms with Crippen LogP contribution in [0.25, 0.3) is 0 Å². The van der Waals surface area contributed by atoms with E-state index in [1.807, 2.05) is 0 Å². The highest BCUT2D eigenvalue weighted by Gasteiger charge is 2.06. The number of esters is 2. The summed E-state index contributed by atoms with van der Waals surface area (Å²) >= 11 is 0. The lowest BCUT2D eigenvalue weighted by molar-refractivity contribution is -0.157. The van der Waals surface area contributed by atoms with Crippen LogP contribution < -0.4 is 0 Å². The predicted octanol–water partition coefficient (Wildman–Crippen LogP) is -0.362. The van der Waals surface area contributed by atoms with Crippen LogP contribution >= 0.6 is 0 Å². The summed E-state index contributed by atoms with van der Waals surface area (Å²) in [5.74, 6) is -1.89. The highest BCUT2D eigenvalue weighted by atomic mass is 16.6. The van der Waals surface area contributed by atoms with Gasteiger partial charge in [0.15, 0.2) is 0 Å². The molecule has 2 unspecified atom stereocenters. The molecular weight excluding hydrogens is 216 g/mol. The van der Waals surface area contributed by atoms with Gasteiger partial charge in [0.1, 0.15) is 0 Å². The Morgan fingerprint density at radius 2 is 1.25 bits per heavy atom. The molecule has 0 fully saturated rings. The van der Waals surface area contributed by atoms with E-state index < -0.39 is 24.5 Å².